The summed E-state index contributed by atoms with van der Waals surface area (Å²) in [5, 5.41) is 9.36. The molecule has 1 atom stereocenters. The molecule has 1 aromatic carbocycles. The van der Waals surface area contributed by atoms with Crippen molar-refractivity contribution in [2.75, 3.05) is 18.0 Å². The number of pyridine rings is 1. The maximum Gasteiger partial charge on any atom is 0.336 e. The van der Waals surface area contributed by atoms with E-state index in [1.807, 2.05) is 0 Å². The third-order valence-corrected chi connectivity index (χ3v) is 5.93. The van der Waals surface area contributed by atoms with Crippen LogP contribution in [0.25, 0.3) is 0 Å². The first-order valence-corrected chi connectivity index (χ1v) is 9.76. The summed E-state index contributed by atoms with van der Waals surface area (Å²) in [6.07, 6.45) is 11.2. The van der Waals surface area contributed by atoms with Crippen molar-refractivity contribution in [2.45, 2.75) is 50.9 Å². The first-order chi connectivity index (χ1) is 12.7. The Morgan fingerprint density at radius 2 is 2.04 bits per heavy atom. The highest BCUT2D eigenvalue weighted by Gasteiger charge is 2.22. The molecule has 0 radical (unpaired) electrons. The first-order valence-electron chi connectivity index (χ1n) is 9.76. The van der Waals surface area contributed by atoms with Gasteiger partial charge in [-0.1, -0.05) is 6.07 Å². The number of benzene rings is 1. The lowest BCUT2D eigenvalue weighted by atomic mass is 9.79. The van der Waals surface area contributed by atoms with Gasteiger partial charge < -0.3 is 10.0 Å². The Labute approximate surface area is 154 Å². The van der Waals surface area contributed by atoms with Crippen LogP contribution in [0.1, 0.15) is 65.1 Å². The second kappa shape index (κ2) is 7.48. The normalized spacial score (nSPS) is 19.4. The second-order valence-electron chi connectivity index (χ2n) is 7.54. The number of aryl methyl sites for hydroxylation is 2. The number of fused-ring (bicyclic) bond motifs is 1. The zero-order valence-corrected chi connectivity index (χ0v) is 15.2. The Morgan fingerprint density at radius 3 is 2.85 bits per heavy atom. The van der Waals surface area contributed by atoms with Crippen LogP contribution < -0.4 is 4.90 Å². The number of aromatic carboxylic acids is 1. The lowest BCUT2D eigenvalue weighted by molar-refractivity contribution is 0.0695. The van der Waals surface area contributed by atoms with E-state index in [-0.39, 0.29) is 0 Å². The Kier molecular flexibility index (Phi) is 4.91. The number of hydrogen-bond donors (Lipinski definition) is 1. The average molecular weight is 350 g/mol. The van der Waals surface area contributed by atoms with Gasteiger partial charge in [-0.15, -0.1) is 0 Å². The Bertz CT molecular complexity index is 796. The molecule has 0 bridgehead atoms. The predicted molar refractivity (Wildman–Crippen MR) is 103 cm³/mol. The fraction of sp³-hybridized carbons (Fsp3) is 0.455. The van der Waals surface area contributed by atoms with Gasteiger partial charge in [0.2, 0.25) is 0 Å². The maximum absolute atomic E-state index is 11.4. The summed E-state index contributed by atoms with van der Waals surface area (Å²) >= 11 is 0. The highest BCUT2D eigenvalue weighted by molar-refractivity contribution is 5.89. The molecule has 1 saturated heterocycles. The highest BCUT2D eigenvalue weighted by atomic mass is 16.4. The molecule has 1 N–H and O–H groups in total. The quantitative estimate of drug-likeness (QED) is 0.866. The molecule has 1 fully saturated rings. The molecule has 2 heterocycles. The summed E-state index contributed by atoms with van der Waals surface area (Å²) < 4.78 is 0. The number of carboxylic acid groups (broad SMARTS) is 1. The van der Waals surface area contributed by atoms with Gasteiger partial charge >= 0.3 is 5.97 Å². The number of anilines is 1. The zero-order valence-electron chi connectivity index (χ0n) is 15.2. The van der Waals surface area contributed by atoms with Crippen molar-refractivity contribution in [1.82, 2.24) is 4.98 Å². The molecule has 1 aliphatic heterocycles. The molecule has 2 aliphatic rings. The van der Waals surface area contributed by atoms with E-state index >= 15 is 0 Å². The van der Waals surface area contributed by atoms with Crippen LogP contribution in [0.2, 0.25) is 0 Å². The summed E-state index contributed by atoms with van der Waals surface area (Å²) in [5.41, 5.74) is 5.58. The van der Waals surface area contributed by atoms with E-state index in [2.05, 4.69) is 28.1 Å². The van der Waals surface area contributed by atoms with Crippen molar-refractivity contribution in [1.29, 1.82) is 0 Å². The van der Waals surface area contributed by atoms with Gasteiger partial charge in [-0.2, -0.15) is 0 Å². The fourth-order valence-electron chi connectivity index (χ4n) is 4.54. The van der Waals surface area contributed by atoms with Crippen molar-refractivity contribution >= 4 is 11.7 Å². The van der Waals surface area contributed by atoms with Crippen molar-refractivity contribution in [2.24, 2.45) is 0 Å². The molecule has 0 amide bonds. The van der Waals surface area contributed by atoms with Gasteiger partial charge in [0.25, 0.3) is 0 Å². The minimum absolute atomic E-state index is 0.389. The molecular formula is C22H26N2O2. The summed E-state index contributed by atoms with van der Waals surface area (Å²) in [4.78, 5) is 18.0. The van der Waals surface area contributed by atoms with Crippen LogP contribution in [0.4, 0.5) is 5.69 Å². The topological polar surface area (TPSA) is 53.4 Å². The third-order valence-electron chi connectivity index (χ3n) is 5.93. The van der Waals surface area contributed by atoms with E-state index in [1.165, 1.54) is 62.0 Å². The lowest BCUT2D eigenvalue weighted by Gasteiger charge is -2.28. The Balaban J connectivity index is 1.50. The van der Waals surface area contributed by atoms with Gasteiger partial charge in [0.15, 0.2) is 0 Å². The van der Waals surface area contributed by atoms with E-state index in [1.54, 1.807) is 18.5 Å². The van der Waals surface area contributed by atoms with Crippen LogP contribution in [-0.4, -0.2) is 29.1 Å². The van der Waals surface area contributed by atoms with E-state index < -0.39 is 5.97 Å². The van der Waals surface area contributed by atoms with Crippen molar-refractivity contribution in [3.05, 3.63) is 58.9 Å². The summed E-state index contributed by atoms with van der Waals surface area (Å²) in [6, 6.07) is 8.62. The monoisotopic (exact) mass is 350 g/mol. The molecule has 136 valence electrons. The van der Waals surface area contributed by atoms with Gasteiger partial charge in [-0.3, -0.25) is 4.98 Å². The molecule has 26 heavy (non-hydrogen) atoms. The summed E-state index contributed by atoms with van der Waals surface area (Å²) in [6.45, 7) is 2.36. The smallest absolute Gasteiger partial charge is 0.336 e. The number of aromatic nitrogens is 1. The molecule has 4 rings (SSSR count). The van der Waals surface area contributed by atoms with Crippen LogP contribution in [0, 0.1) is 0 Å². The Morgan fingerprint density at radius 1 is 1.19 bits per heavy atom. The van der Waals surface area contributed by atoms with E-state index in [4.69, 9.17) is 0 Å². The molecule has 0 saturated carbocycles. The number of hydrogen-bond acceptors (Lipinski definition) is 3. The molecular weight excluding hydrogens is 324 g/mol. The maximum atomic E-state index is 11.4. The van der Waals surface area contributed by atoms with Crippen LogP contribution in [0.5, 0.6) is 0 Å². The molecule has 4 nitrogen and oxygen atoms in total. The minimum atomic E-state index is -0.860. The van der Waals surface area contributed by atoms with Gasteiger partial charge in [-0.05, 0) is 85.8 Å². The highest BCUT2D eigenvalue weighted by Crippen LogP contribution is 2.37. The zero-order chi connectivity index (χ0) is 17.9. The van der Waals surface area contributed by atoms with E-state index in [9.17, 15) is 9.90 Å². The Hall–Kier alpha value is -2.36. The third kappa shape index (κ3) is 3.46. The average Bonchev–Trinajstić information content (AvgIpc) is 3.21. The molecule has 1 aromatic heterocycles. The molecule has 2 aromatic rings. The molecule has 0 unspecified atom stereocenters. The summed E-state index contributed by atoms with van der Waals surface area (Å²) in [7, 11) is 0. The van der Waals surface area contributed by atoms with E-state index in [0.717, 1.165) is 18.4 Å². The summed E-state index contributed by atoms with van der Waals surface area (Å²) in [5.74, 6) is -0.338. The predicted octanol–water partition coefficient (Wildman–Crippen LogP) is 4.43. The van der Waals surface area contributed by atoms with Crippen LogP contribution in [0.15, 0.2) is 36.7 Å². The first kappa shape index (κ1) is 17.1. The van der Waals surface area contributed by atoms with Crippen LogP contribution in [0.3, 0.4) is 0 Å². The number of carbonyl (C=O) groups is 1. The SMILES string of the molecule is O=C(O)c1ccncc1CC[C@@H]1CCCc2cc(N3CCCC3)ccc21. The van der Waals surface area contributed by atoms with Crippen LogP contribution >= 0.6 is 0 Å². The minimum Gasteiger partial charge on any atom is -0.478 e. The second-order valence-corrected chi connectivity index (χ2v) is 7.54. The van der Waals surface area contributed by atoms with Crippen molar-refractivity contribution < 1.29 is 9.90 Å². The van der Waals surface area contributed by atoms with Crippen molar-refractivity contribution in [3.8, 4) is 0 Å². The van der Waals surface area contributed by atoms with Crippen molar-refractivity contribution in [3.63, 3.8) is 0 Å². The lowest BCUT2D eigenvalue weighted by Crippen LogP contribution is -2.19. The number of carboxylic acids is 1. The number of nitrogens with zero attached hydrogens (tertiary/aromatic N) is 2. The van der Waals surface area contributed by atoms with Gasteiger partial charge in [0.05, 0.1) is 5.56 Å². The van der Waals surface area contributed by atoms with Gasteiger partial charge in [-0.25, -0.2) is 4.79 Å². The van der Waals surface area contributed by atoms with Gasteiger partial charge in [0.1, 0.15) is 0 Å². The largest absolute Gasteiger partial charge is 0.478 e. The molecule has 4 heteroatoms. The molecule has 1 aliphatic carbocycles. The standard InChI is InChI=1S/C22H26N2O2/c25-22(26)21-10-11-23-15-18(21)7-6-16-4-3-5-17-14-19(8-9-20(16)17)24-12-1-2-13-24/h8-11,14-16H,1-7,12-13H2,(H,25,26)/t16-/m0/s1. The molecule has 0 spiro atoms. The fourth-order valence-corrected chi connectivity index (χ4v) is 4.54. The van der Waals surface area contributed by atoms with E-state index in [0.29, 0.717) is 11.5 Å². The van der Waals surface area contributed by atoms with Crippen LogP contribution in [-0.2, 0) is 12.8 Å². The van der Waals surface area contributed by atoms with Gasteiger partial charge in [0, 0.05) is 31.2 Å². The number of rotatable bonds is 5.